The lowest BCUT2D eigenvalue weighted by Crippen LogP contribution is -2.48. The van der Waals surface area contributed by atoms with Gasteiger partial charge in [-0.3, -0.25) is 9.59 Å². The van der Waals surface area contributed by atoms with Crippen LogP contribution in [0.4, 0.5) is 23.0 Å². The van der Waals surface area contributed by atoms with E-state index in [0.717, 1.165) is 48.2 Å². The highest BCUT2D eigenvalue weighted by Gasteiger charge is 2.24. The molecule has 210 valence electrons. The number of amides is 1. The lowest BCUT2D eigenvalue weighted by molar-refractivity contribution is 0.0937. The van der Waals surface area contributed by atoms with Crippen LogP contribution < -0.4 is 26.0 Å². The second kappa shape index (κ2) is 12.1. The molecule has 1 atom stereocenters. The highest BCUT2D eigenvalue weighted by atomic mass is 32.1. The molecule has 1 saturated heterocycles. The van der Waals surface area contributed by atoms with Gasteiger partial charge in [-0.2, -0.15) is 5.10 Å². The maximum absolute atomic E-state index is 13.0. The molecule has 0 radical (unpaired) electrons. The number of aryl methyl sites for hydroxylation is 1. The van der Waals surface area contributed by atoms with Crippen LogP contribution in [0.2, 0.25) is 0 Å². The number of carbonyl (C=O) groups is 1. The van der Waals surface area contributed by atoms with Crippen LogP contribution in [-0.2, 0) is 7.05 Å². The number of pyridine rings is 1. The molecule has 11 heteroatoms. The summed E-state index contributed by atoms with van der Waals surface area (Å²) in [6.45, 7) is 3.25. The molecule has 10 nitrogen and oxygen atoms in total. The minimum Gasteiger partial charge on any atom is -0.372 e. The summed E-state index contributed by atoms with van der Waals surface area (Å²) < 4.78 is 2.45. The van der Waals surface area contributed by atoms with Gasteiger partial charge in [-0.15, -0.1) is 11.3 Å². The van der Waals surface area contributed by atoms with E-state index < -0.39 is 0 Å². The first kappa shape index (κ1) is 27.6. The number of benzene rings is 1. The Morgan fingerprint density at radius 2 is 1.95 bits per heavy atom. The van der Waals surface area contributed by atoms with Crippen molar-refractivity contribution in [1.82, 2.24) is 25.0 Å². The topological polar surface area (TPSA) is 98.6 Å². The molecule has 1 amide bonds. The lowest BCUT2D eigenvalue weighted by atomic mass is 10.1. The van der Waals surface area contributed by atoms with Gasteiger partial charge < -0.3 is 25.3 Å². The van der Waals surface area contributed by atoms with E-state index in [4.69, 9.17) is 0 Å². The number of nitrogens with one attached hydrogen (secondary N) is 2. The number of likely N-dealkylation sites (N-methyl/N-ethyl adjacent to an activating group) is 2. The number of fused-ring (bicyclic) bond motifs is 1. The molecule has 0 bridgehead atoms. The van der Waals surface area contributed by atoms with Crippen LogP contribution in [0.25, 0.3) is 10.1 Å². The van der Waals surface area contributed by atoms with Gasteiger partial charge in [0.25, 0.3) is 11.5 Å². The molecule has 0 spiro atoms. The van der Waals surface area contributed by atoms with Crippen LogP contribution in [0, 0.1) is 0 Å². The number of aromatic nitrogens is 3. The van der Waals surface area contributed by atoms with E-state index in [0.29, 0.717) is 28.7 Å². The number of anilines is 4. The average molecular weight is 561 g/mol. The Morgan fingerprint density at radius 3 is 2.70 bits per heavy atom. The van der Waals surface area contributed by atoms with Gasteiger partial charge in [-0.05, 0) is 56.6 Å². The molecule has 4 aromatic rings. The molecule has 1 aromatic carbocycles. The molecule has 2 N–H and O–H groups in total. The fourth-order valence-corrected chi connectivity index (χ4v) is 5.76. The largest absolute Gasteiger partial charge is 0.372 e. The fraction of sp³-hybridized carbons (Fsp3) is 0.379. The summed E-state index contributed by atoms with van der Waals surface area (Å²) in [7, 11) is 7.79. The summed E-state index contributed by atoms with van der Waals surface area (Å²) in [6.07, 6.45) is 3.61. The highest BCUT2D eigenvalue weighted by Crippen LogP contribution is 2.26. The zero-order valence-corrected chi connectivity index (χ0v) is 24.2. The SMILES string of the molecule is CN(C)CCN(C)c1ccc(Nc2cc(N3CCC[C@@H](NC(=O)c4cc5ccccc5s4)C3)nn(C)c2=O)nc1. The Balaban J connectivity index is 1.26. The molecule has 0 aliphatic carbocycles. The van der Waals surface area contributed by atoms with Gasteiger partial charge in [0.2, 0.25) is 0 Å². The maximum Gasteiger partial charge on any atom is 0.290 e. The fourth-order valence-electron chi connectivity index (χ4n) is 4.79. The van der Waals surface area contributed by atoms with Crippen molar-refractivity contribution in [3.63, 3.8) is 0 Å². The molecule has 1 aliphatic heterocycles. The molecule has 1 aliphatic rings. The Hall–Kier alpha value is -3.96. The summed E-state index contributed by atoms with van der Waals surface area (Å²) in [5, 5.41) is 12.0. The maximum atomic E-state index is 13.0. The minimum absolute atomic E-state index is 0.0133. The van der Waals surface area contributed by atoms with E-state index in [2.05, 4.69) is 49.5 Å². The van der Waals surface area contributed by atoms with Gasteiger partial charge in [0.05, 0.1) is 16.8 Å². The minimum atomic E-state index is -0.232. The van der Waals surface area contributed by atoms with Crippen molar-refractivity contribution in [3.05, 3.63) is 70.0 Å². The average Bonchev–Trinajstić information content (AvgIpc) is 3.39. The van der Waals surface area contributed by atoms with E-state index in [9.17, 15) is 9.59 Å². The van der Waals surface area contributed by atoms with Gasteiger partial charge in [-0.1, -0.05) is 18.2 Å². The molecule has 0 saturated carbocycles. The van der Waals surface area contributed by atoms with Crippen molar-refractivity contribution in [2.75, 3.05) is 62.4 Å². The number of hydrogen-bond acceptors (Lipinski definition) is 9. The smallest absolute Gasteiger partial charge is 0.290 e. The molecule has 5 rings (SSSR count). The molecule has 4 heterocycles. The number of carbonyl (C=O) groups excluding carboxylic acids is 1. The number of nitrogens with zero attached hydrogens (tertiary/aromatic N) is 6. The standard InChI is InChI=1S/C29H36N8O2S/c1-34(2)14-15-35(3)22-11-12-26(30-18-22)32-23-17-27(33-36(4)29(23)39)37-13-7-9-21(19-37)31-28(38)25-16-20-8-5-6-10-24(20)40-25/h5-6,8,10-12,16-18,21H,7,9,13-15,19H2,1-4H3,(H,30,32)(H,31,38)/t21-/m1/s1. The molecule has 0 unspecified atom stereocenters. The van der Waals surface area contributed by atoms with Crippen LogP contribution in [0.1, 0.15) is 22.5 Å². The predicted octanol–water partition coefficient (Wildman–Crippen LogP) is 3.53. The van der Waals surface area contributed by atoms with Crippen LogP contribution in [0.15, 0.2) is 59.5 Å². The number of rotatable bonds is 9. The zero-order chi connectivity index (χ0) is 28.2. The summed E-state index contributed by atoms with van der Waals surface area (Å²) in [5.74, 6) is 1.22. The third kappa shape index (κ3) is 6.43. The summed E-state index contributed by atoms with van der Waals surface area (Å²) in [4.78, 5) is 37.6. The molecular weight excluding hydrogens is 524 g/mol. The molecule has 3 aromatic heterocycles. The van der Waals surface area contributed by atoms with Gasteiger partial charge in [0, 0.05) is 57.1 Å². The van der Waals surface area contributed by atoms with Crippen molar-refractivity contribution in [1.29, 1.82) is 0 Å². The van der Waals surface area contributed by atoms with Crippen LogP contribution in [0.3, 0.4) is 0 Å². The van der Waals surface area contributed by atoms with Gasteiger partial charge in [0.15, 0.2) is 5.82 Å². The summed E-state index contributed by atoms with van der Waals surface area (Å²) in [6, 6.07) is 15.6. The van der Waals surface area contributed by atoms with E-state index >= 15 is 0 Å². The first-order valence-corrected chi connectivity index (χ1v) is 14.3. The quantitative estimate of drug-likeness (QED) is 0.321. The van der Waals surface area contributed by atoms with Crippen LogP contribution >= 0.6 is 11.3 Å². The van der Waals surface area contributed by atoms with Gasteiger partial charge in [0.1, 0.15) is 11.5 Å². The van der Waals surface area contributed by atoms with E-state index in [-0.39, 0.29) is 17.5 Å². The highest BCUT2D eigenvalue weighted by molar-refractivity contribution is 7.20. The van der Waals surface area contributed by atoms with Crippen molar-refractivity contribution in [3.8, 4) is 0 Å². The van der Waals surface area contributed by atoms with Crippen molar-refractivity contribution < 1.29 is 4.79 Å². The van der Waals surface area contributed by atoms with Gasteiger partial charge >= 0.3 is 0 Å². The third-order valence-corrected chi connectivity index (χ3v) is 8.23. The van der Waals surface area contributed by atoms with Crippen molar-refractivity contribution >= 4 is 50.3 Å². The van der Waals surface area contributed by atoms with E-state index in [1.807, 2.05) is 49.5 Å². The molecular formula is C29H36N8O2S. The first-order valence-electron chi connectivity index (χ1n) is 13.5. The number of hydrogen-bond donors (Lipinski definition) is 2. The molecule has 1 fully saturated rings. The summed E-state index contributed by atoms with van der Waals surface area (Å²) in [5.41, 5.74) is 1.18. The first-order chi connectivity index (χ1) is 19.3. The second-order valence-corrected chi connectivity index (χ2v) is 11.6. The van der Waals surface area contributed by atoms with Crippen LogP contribution in [-0.4, -0.2) is 78.9 Å². The normalized spacial score (nSPS) is 15.4. The summed E-state index contributed by atoms with van der Waals surface area (Å²) >= 11 is 1.51. The monoisotopic (exact) mass is 560 g/mol. The number of thiophene rings is 1. The van der Waals surface area contributed by atoms with Crippen molar-refractivity contribution in [2.24, 2.45) is 7.05 Å². The zero-order valence-electron chi connectivity index (χ0n) is 23.4. The molecule has 40 heavy (non-hydrogen) atoms. The van der Waals surface area contributed by atoms with Crippen molar-refractivity contribution in [2.45, 2.75) is 18.9 Å². The second-order valence-electron chi connectivity index (χ2n) is 10.5. The van der Waals surface area contributed by atoms with E-state index in [1.54, 1.807) is 19.3 Å². The Kier molecular flexibility index (Phi) is 8.32. The van der Waals surface area contributed by atoms with Crippen LogP contribution in [0.5, 0.6) is 0 Å². The van der Waals surface area contributed by atoms with E-state index in [1.165, 1.54) is 16.0 Å². The Labute approximate surface area is 238 Å². The Bertz CT molecular complexity index is 1500. The lowest BCUT2D eigenvalue weighted by Gasteiger charge is -2.34. The van der Waals surface area contributed by atoms with Gasteiger partial charge in [-0.25, -0.2) is 9.67 Å². The number of piperidine rings is 1. The third-order valence-electron chi connectivity index (χ3n) is 7.11. The predicted molar refractivity (Wildman–Crippen MR) is 163 cm³/mol. The Morgan fingerprint density at radius 1 is 1.12 bits per heavy atom.